The van der Waals surface area contributed by atoms with E-state index in [1.165, 1.54) is 33.0 Å². The van der Waals surface area contributed by atoms with Crippen LogP contribution in [0.3, 0.4) is 0 Å². The Bertz CT molecular complexity index is 1510. The quantitative estimate of drug-likeness (QED) is 0.407. The SMILES string of the molecule is CC#CCOc1cnc2c(Nc3cnc(F)c([C@]4(C)CS(=O)(=O)C(C)(C)C(N)=N4)c3)nccc2c1. The molecule has 9 nitrogen and oxygen atoms in total. The number of pyridine rings is 3. The van der Waals surface area contributed by atoms with Gasteiger partial charge in [0.25, 0.3) is 0 Å². The fourth-order valence-electron chi connectivity index (χ4n) is 3.71. The number of ether oxygens (including phenoxy) is 1. The Hall–Kier alpha value is -3.78. The Morgan fingerprint density at radius 2 is 1.97 bits per heavy atom. The minimum Gasteiger partial charge on any atom is -0.479 e. The van der Waals surface area contributed by atoms with E-state index in [-0.39, 0.29) is 18.0 Å². The molecule has 0 saturated carbocycles. The number of anilines is 2. The molecule has 0 aliphatic carbocycles. The van der Waals surface area contributed by atoms with Crippen LogP contribution in [0.2, 0.25) is 0 Å². The summed E-state index contributed by atoms with van der Waals surface area (Å²) in [6, 6.07) is 5.07. The lowest BCUT2D eigenvalue weighted by molar-refractivity contribution is 0.369. The summed E-state index contributed by atoms with van der Waals surface area (Å²) in [5.41, 5.74) is 5.51. The summed E-state index contributed by atoms with van der Waals surface area (Å²) in [5, 5.41) is 3.86. The van der Waals surface area contributed by atoms with E-state index in [0.29, 0.717) is 22.8 Å². The van der Waals surface area contributed by atoms with E-state index in [1.54, 1.807) is 25.4 Å². The summed E-state index contributed by atoms with van der Waals surface area (Å²) >= 11 is 0. The maximum absolute atomic E-state index is 14.8. The first-order valence-corrected chi connectivity index (χ1v) is 12.4. The highest BCUT2D eigenvalue weighted by Gasteiger charge is 2.49. The molecular formula is C24H25FN6O3S. The topological polar surface area (TPSA) is 132 Å². The van der Waals surface area contributed by atoms with Gasteiger partial charge in [-0.25, -0.2) is 23.4 Å². The molecule has 182 valence electrons. The summed E-state index contributed by atoms with van der Waals surface area (Å²) in [5.74, 6) is 5.24. The first-order valence-electron chi connectivity index (χ1n) is 10.8. The number of rotatable bonds is 5. The standard InChI is InChI=1S/C24H25FN6O3S/c1-5-6-9-34-17-10-15-7-8-27-21(19(15)28-13-17)30-16-11-18(20(25)29-12-16)24(4)14-35(32,33)23(2,3)22(26)31-24/h7-8,10-13H,9,14H2,1-4H3,(H2,26,31)(H,27,30)/t24-/m0/s1. The van der Waals surface area contributed by atoms with Crippen LogP contribution in [0.1, 0.15) is 33.3 Å². The van der Waals surface area contributed by atoms with Crippen LogP contribution in [0.4, 0.5) is 15.9 Å². The van der Waals surface area contributed by atoms with Gasteiger partial charge in [0.1, 0.15) is 34.0 Å². The second kappa shape index (κ2) is 8.78. The largest absolute Gasteiger partial charge is 0.479 e. The first kappa shape index (κ1) is 24.3. The molecule has 4 heterocycles. The van der Waals surface area contributed by atoms with Gasteiger partial charge in [-0.05, 0) is 45.9 Å². The monoisotopic (exact) mass is 496 g/mol. The summed E-state index contributed by atoms with van der Waals surface area (Å²) in [6.07, 6.45) is 4.45. The molecule has 0 unspecified atom stereocenters. The molecule has 0 bridgehead atoms. The number of nitrogens with two attached hydrogens (primary N) is 1. The number of fused-ring (bicyclic) bond motifs is 1. The Morgan fingerprint density at radius 1 is 1.20 bits per heavy atom. The fraction of sp³-hybridized carbons (Fsp3) is 0.333. The van der Waals surface area contributed by atoms with Gasteiger partial charge < -0.3 is 15.8 Å². The zero-order valence-electron chi connectivity index (χ0n) is 19.8. The number of aromatic nitrogens is 3. The van der Waals surface area contributed by atoms with Crippen molar-refractivity contribution in [3.8, 4) is 17.6 Å². The normalized spacial score (nSPS) is 20.4. The highest BCUT2D eigenvalue weighted by atomic mass is 32.2. The number of nitrogens with one attached hydrogen (secondary N) is 1. The van der Waals surface area contributed by atoms with Crippen LogP contribution in [-0.4, -0.2) is 46.3 Å². The number of hydrogen-bond donors (Lipinski definition) is 2. The zero-order valence-corrected chi connectivity index (χ0v) is 20.6. The van der Waals surface area contributed by atoms with Gasteiger partial charge in [-0.3, -0.25) is 4.99 Å². The summed E-state index contributed by atoms with van der Waals surface area (Å²) in [4.78, 5) is 17.0. The van der Waals surface area contributed by atoms with E-state index < -0.39 is 31.8 Å². The van der Waals surface area contributed by atoms with E-state index in [9.17, 15) is 12.8 Å². The fourth-order valence-corrected chi connectivity index (χ4v) is 5.40. The highest BCUT2D eigenvalue weighted by Crippen LogP contribution is 2.38. The minimum absolute atomic E-state index is 0.00504. The molecule has 1 aliphatic rings. The van der Waals surface area contributed by atoms with Crippen molar-refractivity contribution in [2.24, 2.45) is 10.7 Å². The number of sulfone groups is 1. The van der Waals surface area contributed by atoms with Crippen LogP contribution in [0, 0.1) is 17.8 Å². The van der Waals surface area contributed by atoms with E-state index >= 15 is 0 Å². The van der Waals surface area contributed by atoms with Crippen molar-refractivity contribution >= 4 is 38.1 Å². The van der Waals surface area contributed by atoms with Crippen molar-refractivity contribution in [3.05, 3.63) is 48.3 Å². The van der Waals surface area contributed by atoms with Gasteiger partial charge in [-0.1, -0.05) is 5.92 Å². The van der Waals surface area contributed by atoms with Crippen molar-refractivity contribution in [1.29, 1.82) is 0 Å². The predicted octanol–water partition coefficient (Wildman–Crippen LogP) is 3.09. The van der Waals surface area contributed by atoms with Gasteiger partial charge in [0.2, 0.25) is 5.95 Å². The zero-order chi connectivity index (χ0) is 25.4. The van der Waals surface area contributed by atoms with E-state index in [4.69, 9.17) is 10.5 Å². The van der Waals surface area contributed by atoms with Gasteiger partial charge in [-0.2, -0.15) is 4.39 Å². The Kier molecular flexibility index (Phi) is 6.11. The highest BCUT2D eigenvalue weighted by molar-refractivity contribution is 7.93. The molecule has 0 fully saturated rings. The van der Waals surface area contributed by atoms with Crippen LogP contribution >= 0.6 is 0 Å². The molecule has 3 aromatic heterocycles. The van der Waals surface area contributed by atoms with Gasteiger partial charge in [0.15, 0.2) is 15.7 Å². The van der Waals surface area contributed by atoms with Crippen molar-refractivity contribution < 1.29 is 17.5 Å². The van der Waals surface area contributed by atoms with Crippen LogP contribution in [0.5, 0.6) is 5.75 Å². The lowest BCUT2D eigenvalue weighted by atomic mass is 9.94. The maximum Gasteiger partial charge on any atom is 0.218 e. The van der Waals surface area contributed by atoms with Crippen LogP contribution < -0.4 is 15.8 Å². The molecule has 11 heteroatoms. The average Bonchev–Trinajstić information content (AvgIpc) is 2.79. The van der Waals surface area contributed by atoms with Crippen LogP contribution in [0.25, 0.3) is 10.9 Å². The molecule has 0 aromatic carbocycles. The number of aliphatic imine (C=N–C) groups is 1. The molecule has 3 N–H and O–H groups in total. The van der Waals surface area contributed by atoms with Gasteiger partial charge in [-0.15, -0.1) is 5.92 Å². The van der Waals surface area contributed by atoms with E-state index in [0.717, 1.165) is 5.39 Å². The molecule has 0 amide bonds. The number of amidine groups is 1. The molecule has 0 saturated heterocycles. The van der Waals surface area contributed by atoms with Gasteiger partial charge >= 0.3 is 0 Å². The molecule has 1 atom stereocenters. The molecule has 35 heavy (non-hydrogen) atoms. The number of hydrogen-bond acceptors (Lipinski definition) is 9. The van der Waals surface area contributed by atoms with Crippen molar-refractivity contribution in [1.82, 2.24) is 15.0 Å². The molecule has 1 aliphatic heterocycles. The Labute approximate surface area is 203 Å². The first-order chi connectivity index (χ1) is 16.5. The van der Waals surface area contributed by atoms with Gasteiger partial charge in [0, 0.05) is 17.1 Å². The van der Waals surface area contributed by atoms with Crippen molar-refractivity contribution in [2.75, 3.05) is 17.7 Å². The number of nitrogens with zero attached hydrogens (tertiary/aromatic N) is 4. The lowest BCUT2D eigenvalue weighted by Gasteiger charge is -2.37. The minimum atomic E-state index is -3.71. The van der Waals surface area contributed by atoms with Crippen LogP contribution in [0.15, 0.2) is 41.8 Å². The smallest absolute Gasteiger partial charge is 0.218 e. The molecule has 0 radical (unpaired) electrons. The second-order valence-electron chi connectivity index (χ2n) is 8.85. The molecular weight excluding hydrogens is 471 g/mol. The molecule has 4 rings (SSSR count). The average molecular weight is 497 g/mol. The third kappa shape index (κ3) is 4.49. The molecule has 3 aromatic rings. The van der Waals surface area contributed by atoms with Gasteiger partial charge in [0.05, 0.1) is 23.8 Å². The third-order valence-corrected chi connectivity index (χ3v) is 8.68. The predicted molar refractivity (Wildman–Crippen MR) is 133 cm³/mol. The third-order valence-electron chi connectivity index (χ3n) is 5.98. The summed E-state index contributed by atoms with van der Waals surface area (Å²) in [7, 11) is -3.71. The Balaban J connectivity index is 1.70. The number of halogens is 1. The maximum atomic E-state index is 14.8. The Morgan fingerprint density at radius 3 is 2.69 bits per heavy atom. The van der Waals surface area contributed by atoms with E-state index in [1.807, 2.05) is 6.07 Å². The second-order valence-corrected chi connectivity index (χ2v) is 11.4. The summed E-state index contributed by atoms with van der Waals surface area (Å²) in [6.45, 7) is 6.48. The van der Waals surface area contributed by atoms with Crippen molar-refractivity contribution in [3.63, 3.8) is 0 Å². The molecule has 0 spiro atoms. The summed E-state index contributed by atoms with van der Waals surface area (Å²) < 4.78 is 44.8. The van der Waals surface area contributed by atoms with Crippen LogP contribution in [-0.2, 0) is 15.4 Å². The van der Waals surface area contributed by atoms with E-state index in [2.05, 4.69) is 37.1 Å². The van der Waals surface area contributed by atoms with Crippen molar-refractivity contribution in [2.45, 2.75) is 38.0 Å². The lowest BCUT2D eigenvalue weighted by Crippen LogP contribution is -2.55.